The van der Waals surface area contributed by atoms with Crippen LogP contribution in [0.25, 0.3) is 33.4 Å². The highest BCUT2D eigenvalue weighted by Gasteiger charge is 2.16. The summed E-state index contributed by atoms with van der Waals surface area (Å²) in [5.41, 5.74) is 7.27. The molecule has 0 spiro atoms. The SMILES string of the molecule is CC.CC(C)C(=O)O.CCC.CCOC(=O)Nc1nc2c(-c3cc(C)ccn3)cc(-c3ccc(CN4CCOCC4)nc3)cc2[nH]1. The number of pyridine rings is 2. The summed E-state index contributed by atoms with van der Waals surface area (Å²) in [5, 5.41) is 10.6. The number of aromatic nitrogens is 4. The molecule has 0 unspecified atom stereocenters. The first-order valence-corrected chi connectivity index (χ1v) is 16.0. The van der Waals surface area contributed by atoms with Crippen LogP contribution in [-0.4, -0.2) is 74.9 Å². The van der Waals surface area contributed by atoms with Gasteiger partial charge in [-0.3, -0.25) is 25.0 Å². The van der Waals surface area contributed by atoms with Crippen molar-refractivity contribution >= 4 is 29.0 Å². The van der Waals surface area contributed by atoms with Crippen molar-refractivity contribution in [3.63, 3.8) is 0 Å². The summed E-state index contributed by atoms with van der Waals surface area (Å²) in [7, 11) is 0. The fourth-order valence-corrected chi connectivity index (χ4v) is 4.16. The Hall–Kier alpha value is -4.35. The second-order valence-corrected chi connectivity index (χ2v) is 10.7. The molecule has 3 N–H and O–H groups in total. The van der Waals surface area contributed by atoms with E-state index in [0.717, 1.165) is 77.5 Å². The number of H-pyrrole nitrogens is 1. The van der Waals surface area contributed by atoms with E-state index < -0.39 is 12.1 Å². The van der Waals surface area contributed by atoms with Crippen LogP contribution in [-0.2, 0) is 20.8 Å². The van der Waals surface area contributed by atoms with Gasteiger partial charge in [0, 0.05) is 43.2 Å². The van der Waals surface area contributed by atoms with Gasteiger partial charge in [0.05, 0.1) is 48.2 Å². The lowest BCUT2D eigenvalue weighted by molar-refractivity contribution is -0.140. The molecular formula is C35H50N6O5. The molecule has 1 amide bonds. The summed E-state index contributed by atoms with van der Waals surface area (Å²) < 4.78 is 10.4. The molecule has 0 bridgehead atoms. The number of hydrogen-bond donors (Lipinski definition) is 3. The molecule has 1 aliphatic rings. The highest BCUT2D eigenvalue weighted by Crippen LogP contribution is 2.33. The number of carboxylic acids is 1. The second kappa shape index (κ2) is 19.9. The number of morpholine rings is 1. The molecule has 4 aromatic rings. The van der Waals surface area contributed by atoms with E-state index in [9.17, 15) is 9.59 Å². The molecule has 3 aromatic heterocycles. The van der Waals surface area contributed by atoms with Gasteiger partial charge in [0.2, 0.25) is 5.95 Å². The summed E-state index contributed by atoms with van der Waals surface area (Å²) in [6.07, 6.45) is 4.38. The Kier molecular flexibility index (Phi) is 16.4. The summed E-state index contributed by atoms with van der Waals surface area (Å²) in [4.78, 5) is 41.1. The van der Waals surface area contributed by atoms with Crippen molar-refractivity contribution < 1.29 is 24.2 Å². The van der Waals surface area contributed by atoms with E-state index in [0.29, 0.717) is 5.95 Å². The van der Waals surface area contributed by atoms with Crippen LogP contribution in [0.4, 0.5) is 10.7 Å². The standard InChI is InChI=1S/C26H28N6O3.C4H8O2.C3H8.C2H6/c1-3-35-26(33)31-25-29-23-14-19(13-21(24(23)30-25)22-12-17(2)6-7-27-22)18-4-5-20(28-15-18)16-32-8-10-34-11-9-32;1-3(2)4(5)6;1-3-2;1-2/h4-7,12-15H,3,8-11,16H2,1-2H3,(H2,29,30,31,33);3H,1-2H3,(H,5,6);3H2,1-2H3;1-2H3. The van der Waals surface area contributed by atoms with Gasteiger partial charge in [-0.2, -0.15) is 0 Å². The minimum absolute atomic E-state index is 0.231. The third kappa shape index (κ3) is 11.9. The van der Waals surface area contributed by atoms with Crippen LogP contribution < -0.4 is 5.32 Å². The van der Waals surface area contributed by atoms with Gasteiger partial charge in [0.1, 0.15) is 0 Å². The number of nitrogens with one attached hydrogen (secondary N) is 2. The molecule has 250 valence electrons. The predicted molar refractivity (Wildman–Crippen MR) is 184 cm³/mol. The van der Waals surface area contributed by atoms with Crippen molar-refractivity contribution in [3.8, 4) is 22.4 Å². The Morgan fingerprint density at radius 1 is 1.04 bits per heavy atom. The van der Waals surface area contributed by atoms with Gasteiger partial charge >= 0.3 is 12.1 Å². The third-order valence-corrected chi connectivity index (χ3v) is 6.42. The van der Waals surface area contributed by atoms with Crippen LogP contribution in [0.1, 0.15) is 66.1 Å². The van der Waals surface area contributed by atoms with Crippen molar-refractivity contribution in [2.75, 3.05) is 38.2 Å². The lowest BCUT2D eigenvalue weighted by Gasteiger charge is -2.26. The fourth-order valence-electron chi connectivity index (χ4n) is 4.16. The Morgan fingerprint density at radius 2 is 1.72 bits per heavy atom. The van der Waals surface area contributed by atoms with E-state index in [1.807, 2.05) is 45.2 Å². The molecular weight excluding hydrogens is 584 g/mol. The van der Waals surface area contributed by atoms with Crippen LogP contribution in [0, 0.1) is 12.8 Å². The molecule has 0 saturated carbocycles. The van der Waals surface area contributed by atoms with E-state index in [1.165, 1.54) is 6.42 Å². The molecule has 1 saturated heterocycles. The van der Waals surface area contributed by atoms with Crippen LogP contribution >= 0.6 is 0 Å². The molecule has 1 fully saturated rings. The smallest absolute Gasteiger partial charge is 0.413 e. The molecule has 4 heterocycles. The monoisotopic (exact) mass is 634 g/mol. The lowest BCUT2D eigenvalue weighted by Crippen LogP contribution is -2.35. The lowest BCUT2D eigenvalue weighted by atomic mass is 10.00. The second-order valence-electron chi connectivity index (χ2n) is 10.7. The Bertz CT molecular complexity index is 1500. The minimum atomic E-state index is -0.741. The van der Waals surface area contributed by atoms with Gasteiger partial charge in [0.15, 0.2) is 0 Å². The van der Waals surface area contributed by atoms with Crippen molar-refractivity contribution in [2.24, 2.45) is 5.92 Å². The molecule has 1 aliphatic heterocycles. The van der Waals surface area contributed by atoms with E-state index >= 15 is 0 Å². The number of carbonyl (C=O) groups is 2. The van der Waals surface area contributed by atoms with Crippen LogP contribution in [0.15, 0.2) is 48.8 Å². The number of nitrogens with zero attached hydrogens (tertiary/aromatic N) is 4. The summed E-state index contributed by atoms with van der Waals surface area (Å²) >= 11 is 0. The zero-order valence-corrected chi connectivity index (χ0v) is 28.5. The summed E-state index contributed by atoms with van der Waals surface area (Å²) in [6, 6.07) is 12.2. The molecule has 46 heavy (non-hydrogen) atoms. The number of ether oxygens (including phenoxy) is 2. The Morgan fingerprint density at radius 3 is 2.28 bits per heavy atom. The molecule has 11 nitrogen and oxygen atoms in total. The van der Waals surface area contributed by atoms with E-state index in [-0.39, 0.29) is 12.5 Å². The molecule has 5 rings (SSSR count). The van der Waals surface area contributed by atoms with Gasteiger partial charge in [-0.25, -0.2) is 9.78 Å². The number of fused-ring (bicyclic) bond motifs is 1. The molecule has 11 heteroatoms. The van der Waals surface area contributed by atoms with Crippen molar-refractivity contribution in [1.82, 2.24) is 24.8 Å². The van der Waals surface area contributed by atoms with Gasteiger partial charge in [-0.15, -0.1) is 0 Å². The van der Waals surface area contributed by atoms with Gasteiger partial charge < -0.3 is 19.6 Å². The maximum atomic E-state index is 11.9. The Labute approximate surface area is 272 Å². The largest absolute Gasteiger partial charge is 0.481 e. The Balaban J connectivity index is 0.000000586. The van der Waals surface area contributed by atoms with E-state index in [1.54, 1.807) is 27.0 Å². The number of benzene rings is 1. The zero-order chi connectivity index (χ0) is 34.1. The van der Waals surface area contributed by atoms with Crippen LogP contribution in [0.2, 0.25) is 0 Å². The van der Waals surface area contributed by atoms with Crippen molar-refractivity contribution in [2.45, 2.75) is 68.4 Å². The normalized spacial score (nSPS) is 12.5. The molecule has 1 aromatic carbocycles. The van der Waals surface area contributed by atoms with E-state index in [4.69, 9.17) is 19.6 Å². The topological polar surface area (TPSA) is 143 Å². The first-order valence-electron chi connectivity index (χ1n) is 16.0. The number of aryl methyl sites for hydroxylation is 1. The van der Waals surface area contributed by atoms with Crippen molar-refractivity contribution in [3.05, 3.63) is 60.0 Å². The molecule has 0 radical (unpaired) electrons. The number of anilines is 1. The maximum Gasteiger partial charge on any atom is 0.413 e. The highest BCUT2D eigenvalue weighted by atomic mass is 16.5. The number of amides is 1. The predicted octanol–water partition coefficient (Wildman–Crippen LogP) is 7.57. The van der Waals surface area contributed by atoms with Crippen LogP contribution in [0.5, 0.6) is 0 Å². The average molecular weight is 635 g/mol. The number of aliphatic carboxylic acids is 1. The average Bonchev–Trinajstić information content (AvgIpc) is 3.45. The molecule has 0 aliphatic carbocycles. The number of carbonyl (C=O) groups excluding carboxylic acids is 1. The van der Waals surface area contributed by atoms with Crippen molar-refractivity contribution in [1.29, 1.82) is 0 Å². The third-order valence-electron chi connectivity index (χ3n) is 6.42. The van der Waals surface area contributed by atoms with Gasteiger partial charge in [-0.1, -0.05) is 54.0 Å². The molecule has 0 atom stereocenters. The summed E-state index contributed by atoms with van der Waals surface area (Å²) in [6.45, 7) is 19.8. The first kappa shape index (κ1) is 37.8. The zero-order valence-electron chi connectivity index (χ0n) is 28.5. The maximum absolute atomic E-state index is 11.9. The number of imidazole rings is 1. The highest BCUT2D eigenvalue weighted by molar-refractivity contribution is 5.97. The fraction of sp³-hybridized carbons (Fsp3) is 0.457. The van der Waals surface area contributed by atoms with Gasteiger partial charge in [-0.05, 0) is 55.3 Å². The first-order chi connectivity index (χ1) is 22.1. The van der Waals surface area contributed by atoms with E-state index in [2.05, 4.69) is 57.2 Å². The number of hydrogen-bond acceptors (Lipinski definition) is 8. The quantitative estimate of drug-likeness (QED) is 0.188. The van der Waals surface area contributed by atoms with Gasteiger partial charge in [0.25, 0.3) is 0 Å². The number of aromatic amines is 1. The van der Waals surface area contributed by atoms with Crippen LogP contribution in [0.3, 0.4) is 0 Å². The number of carboxylic acid groups (broad SMARTS) is 1. The summed E-state index contributed by atoms with van der Waals surface area (Å²) in [5.74, 6) is -0.650. The number of rotatable bonds is 7. The minimum Gasteiger partial charge on any atom is -0.481 e.